The maximum Gasteiger partial charge on any atom is 0.229 e. The van der Waals surface area contributed by atoms with Crippen molar-refractivity contribution in [1.82, 2.24) is 5.32 Å². The molecule has 0 radical (unpaired) electrons. The molecule has 0 fully saturated rings. The van der Waals surface area contributed by atoms with Crippen LogP contribution in [-0.2, 0) is 10.0 Å². The number of nitrogens with one attached hydrogen (secondary N) is 2. The van der Waals surface area contributed by atoms with E-state index in [-0.39, 0.29) is 0 Å². The van der Waals surface area contributed by atoms with E-state index in [1.807, 2.05) is 6.92 Å². The topological polar surface area (TPSA) is 78.4 Å². The van der Waals surface area contributed by atoms with Crippen molar-refractivity contribution in [3.8, 4) is 0 Å². The molecule has 0 unspecified atom stereocenters. The molecule has 1 aromatic rings. The van der Waals surface area contributed by atoms with Crippen LogP contribution in [0.15, 0.2) is 24.3 Å². The van der Waals surface area contributed by atoms with Crippen molar-refractivity contribution in [1.29, 1.82) is 0 Å². The summed E-state index contributed by atoms with van der Waals surface area (Å²) in [5, 5.41) is 13.2. The first-order valence-corrected chi connectivity index (χ1v) is 8.28. The number of benzene rings is 1. The van der Waals surface area contributed by atoms with Crippen molar-refractivity contribution in [2.24, 2.45) is 0 Å². The molecule has 1 rings (SSSR count). The average molecular weight is 286 g/mol. The Bertz CT molecular complexity index is 471. The molecule has 3 N–H and O–H groups in total. The van der Waals surface area contributed by atoms with E-state index in [0.717, 1.165) is 31.3 Å². The Hall–Kier alpha value is -1.11. The molecular weight excluding hydrogens is 264 g/mol. The van der Waals surface area contributed by atoms with Crippen molar-refractivity contribution in [2.75, 3.05) is 24.1 Å². The molecule has 1 atom stereocenters. The molecule has 19 heavy (non-hydrogen) atoms. The van der Waals surface area contributed by atoms with E-state index in [1.54, 1.807) is 24.3 Å². The summed E-state index contributed by atoms with van der Waals surface area (Å²) in [7, 11) is -3.25. The van der Waals surface area contributed by atoms with Gasteiger partial charge >= 0.3 is 0 Å². The Kier molecular flexibility index (Phi) is 6.27. The Morgan fingerprint density at radius 2 is 1.89 bits per heavy atom. The van der Waals surface area contributed by atoms with Gasteiger partial charge in [-0.1, -0.05) is 19.1 Å². The minimum absolute atomic E-state index is 0.506. The quantitative estimate of drug-likeness (QED) is 0.633. The Morgan fingerprint density at radius 3 is 2.42 bits per heavy atom. The summed E-state index contributed by atoms with van der Waals surface area (Å²) in [6, 6.07) is 6.80. The van der Waals surface area contributed by atoms with Gasteiger partial charge in [-0.3, -0.25) is 4.72 Å². The van der Waals surface area contributed by atoms with Gasteiger partial charge in [-0.05, 0) is 43.6 Å². The van der Waals surface area contributed by atoms with Crippen molar-refractivity contribution in [2.45, 2.75) is 25.9 Å². The van der Waals surface area contributed by atoms with E-state index in [9.17, 15) is 13.5 Å². The summed E-state index contributed by atoms with van der Waals surface area (Å²) < 4.78 is 24.5. The van der Waals surface area contributed by atoms with E-state index < -0.39 is 16.1 Å². The predicted molar refractivity (Wildman–Crippen MR) is 77.6 cm³/mol. The molecule has 0 heterocycles. The molecular formula is C13H22N2O3S. The number of hydrogen-bond acceptors (Lipinski definition) is 4. The molecule has 0 bridgehead atoms. The van der Waals surface area contributed by atoms with E-state index in [1.165, 1.54) is 0 Å². The van der Waals surface area contributed by atoms with Gasteiger partial charge in [0.1, 0.15) is 0 Å². The second-order valence-corrected chi connectivity index (χ2v) is 6.26. The summed E-state index contributed by atoms with van der Waals surface area (Å²) in [5.41, 5.74) is 1.31. The van der Waals surface area contributed by atoms with Crippen molar-refractivity contribution >= 4 is 15.7 Å². The number of sulfonamides is 1. The van der Waals surface area contributed by atoms with Crippen LogP contribution >= 0.6 is 0 Å². The molecule has 0 saturated heterocycles. The highest BCUT2D eigenvalue weighted by molar-refractivity contribution is 7.92. The Morgan fingerprint density at radius 1 is 1.26 bits per heavy atom. The number of aliphatic hydroxyl groups excluding tert-OH is 1. The van der Waals surface area contributed by atoms with Gasteiger partial charge in [0.2, 0.25) is 10.0 Å². The molecule has 0 amide bonds. The Balaban J connectivity index is 2.51. The summed E-state index contributed by atoms with van der Waals surface area (Å²) in [6.45, 7) is 3.87. The zero-order chi connectivity index (χ0) is 14.3. The number of hydrogen-bond donors (Lipinski definition) is 3. The highest BCUT2D eigenvalue weighted by atomic mass is 32.2. The molecule has 1 aromatic carbocycles. The van der Waals surface area contributed by atoms with Crippen LogP contribution in [0.3, 0.4) is 0 Å². The summed E-state index contributed by atoms with van der Waals surface area (Å²) in [4.78, 5) is 0. The lowest BCUT2D eigenvalue weighted by molar-refractivity contribution is 0.164. The van der Waals surface area contributed by atoms with Gasteiger partial charge in [-0.25, -0.2) is 8.42 Å². The molecule has 0 aromatic heterocycles. The van der Waals surface area contributed by atoms with Crippen LogP contribution in [0.25, 0.3) is 0 Å². The third kappa shape index (κ3) is 6.56. The standard InChI is InChI=1S/C13H22N2O3S/c1-3-14-10-4-5-13(16)11-6-8-12(9-7-11)15-19(2,17)18/h6-9,13-16H,3-5,10H2,1-2H3/t13-/m0/s1. The van der Waals surface area contributed by atoms with Crippen LogP contribution in [0.2, 0.25) is 0 Å². The lowest BCUT2D eigenvalue weighted by Gasteiger charge is -2.12. The van der Waals surface area contributed by atoms with Crippen molar-refractivity contribution in [3.05, 3.63) is 29.8 Å². The lowest BCUT2D eigenvalue weighted by Crippen LogP contribution is -2.14. The molecule has 6 heteroatoms. The minimum atomic E-state index is -3.25. The van der Waals surface area contributed by atoms with Gasteiger partial charge in [0.15, 0.2) is 0 Å². The maximum atomic E-state index is 11.1. The maximum absolute atomic E-state index is 11.1. The van der Waals surface area contributed by atoms with Crippen molar-refractivity contribution < 1.29 is 13.5 Å². The average Bonchev–Trinajstić information content (AvgIpc) is 2.33. The molecule has 5 nitrogen and oxygen atoms in total. The van der Waals surface area contributed by atoms with E-state index >= 15 is 0 Å². The fourth-order valence-corrected chi connectivity index (χ4v) is 2.32. The van der Waals surface area contributed by atoms with E-state index in [2.05, 4.69) is 10.0 Å². The van der Waals surface area contributed by atoms with Crippen LogP contribution in [-0.4, -0.2) is 32.9 Å². The Labute approximate surface area is 115 Å². The van der Waals surface area contributed by atoms with Gasteiger partial charge in [0, 0.05) is 5.69 Å². The van der Waals surface area contributed by atoms with Gasteiger partial charge < -0.3 is 10.4 Å². The minimum Gasteiger partial charge on any atom is -0.388 e. The molecule has 0 aliphatic heterocycles. The monoisotopic (exact) mass is 286 g/mol. The van der Waals surface area contributed by atoms with Crippen LogP contribution in [0.5, 0.6) is 0 Å². The van der Waals surface area contributed by atoms with Gasteiger partial charge in [-0.15, -0.1) is 0 Å². The number of anilines is 1. The second-order valence-electron chi connectivity index (χ2n) is 4.51. The van der Waals surface area contributed by atoms with E-state index in [0.29, 0.717) is 12.1 Å². The van der Waals surface area contributed by atoms with Gasteiger partial charge in [-0.2, -0.15) is 0 Å². The summed E-state index contributed by atoms with van der Waals surface area (Å²) in [5.74, 6) is 0. The summed E-state index contributed by atoms with van der Waals surface area (Å²) in [6.07, 6.45) is 2.19. The first-order valence-electron chi connectivity index (χ1n) is 6.39. The third-order valence-electron chi connectivity index (χ3n) is 2.68. The van der Waals surface area contributed by atoms with Gasteiger partial charge in [0.25, 0.3) is 0 Å². The molecule has 0 aliphatic rings. The largest absolute Gasteiger partial charge is 0.388 e. The normalized spacial score (nSPS) is 13.2. The smallest absolute Gasteiger partial charge is 0.229 e. The first kappa shape index (κ1) is 15.9. The van der Waals surface area contributed by atoms with Crippen LogP contribution in [0, 0.1) is 0 Å². The summed E-state index contributed by atoms with van der Waals surface area (Å²) >= 11 is 0. The van der Waals surface area contributed by atoms with Crippen molar-refractivity contribution in [3.63, 3.8) is 0 Å². The zero-order valence-corrected chi connectivity index (χ0v) is 12.2. The van der Waals surface area contributed by atoms with E-state index in [4.69, 9.17) is 0 Å². The molecule has 0 saturated carbocycles. The number of rotatable bonds is 8. The molecule has 108 valence electrons. The number of aliphatic hydroxyl groups is 1. The lowest BCUT2D eigenvalue weighted by atomic mass is 10.0. The second kappa shape index (κ2) is 7.47. The zero-order valence-electron chi connectivity index (χ0n) is 11.4. The van der Waals surface area contributed by atoms with Crippen LogP contribution in [0.4, 0.5) is 5.69 Å². The third-order valence-corrected chi connectivity index (χ3v) is 3.29. The SMILES string of the molecule is CCNCCC[C@H](O)c1ccc(NS(C)(=O)=O)cc1. The predicted octanol–water partition coefficient (Wildman–Crippen LogP) is 1.48. The molecule has 0 spiro atoms. The van der Waals surface area contributed by atoms with Crippen LogP contribution in [0.1, 0.15) is 31.4 Å². The highest BCUT2D eigenvalue weighted by Gasteiger charge is 2.08. The van der Waals surface area contributed by atoms with Gasteiger partial charge in [0.05, 0.1) is 12.4 Å². The molecule has 0 aliphatic carbocycles. The first-order chi connectivity index (χ1) is 8.92. The fourth-order valence-electron chi connectivity index (χ4n) is 1.75. The fraction of sp³-hybridized carbons (Fsp3) is 0.538. The highest BCUT2D eigenvalue weighted by Crippen LogP contribution is 2.20. The van der Waals surface area contributed by atoms with Crippen LogP contribution < -0.4 is 10.0 Å².